The molecule has 0 amide bonds. The molecule has 166 valence electrons. The van der Waals surface area contributed by atoms with Crippen LogP contribution in [0.4, 0.5) is 5.69 Å². The molecule has 0 saturated carbocycles. The van der Waals surface area contributed by atoms with Crippen molar-refractivity contribution in [2.24, 2.45) is 0 Å². The number of rotatable bonds is 14. The third kappa shape index (κ3) is 8.27. The summed E-state index contributed by atoms with van der Waals surface area (Å²) < 4.78 is 27.8. The van der Waals surface area contributed by atoms with Crippen LogP contribution in [0.5, 0.6) is 0 Å². The summed E-state index contributed by atoms with van der Waals surface area (Å²) in [7, 11) is -3.45. The van der Waals surface area contributed by atoms with Crippen LogP contribution in [-0.4, -0.2) is 38.4 Å². The molecule has 0 aliphatic carbocycles. The lowest BCUT2D eigenvalue weighted by Crippen LogP contribution is -2.53. The molecule has 0 radical (unpaired) electrons. The maximum atomic E-state index is 13.1. The number of anilines is 1. The summed E-state index contributed by atoms with van der Waals surface area (Å²) >= 11 is 0. The van der Waals surface area contributed by atoms with Crippen molar-refractivity contribution in [2.45, 2.75) is 94.9 Å². The van der Waals surface area contributed by atoms with Crippen LogP contribution in [0.25, 0.3) is 0 Å². The number of benzene rings is 1. The summed E-state index contributed by atoms with van der Waals surface area (Å²) in [6.45, 7) is 4.25. The van der Waals surface area contributed by atoms with Gasteiger partial charge in [0.25, 0.3) is 0 Å². The fourth-order valence-electron chi connectivity index (χ4n) is 4.12. The second kappa shape index (κ2) is 13.2. The van der Waals surface area contributed by atoms with Crippen molar-refractivity contribution < 1.29 is 8.42 Å². The third-order valence-electron chi connectivity index (χ3n) is 5.92. The van der Waals surface area contributed by atoms with Crippen LogP contribution in [0.1, 0.15) is 84.0 Å². The smallest absolute Gasteiger partial charge is 0.243 e. The number of nitrogens with one attached hydrogen (secondary N) is 1. The van der Waals surface area contributed by atoms with E-state index in [1.54, 1.807) is 28.6 Å². The van der Waals surface area contributed by atoms with Crippen molar-refractivity contribution in [1.29, 1.82) is 0 Å². The van der Waals surface area contributed by atoms with E-state index in [1.807, 2.05) is 0 Å². The molecule has 2 rings (SSSR count). The van der Waals surface area contributed by atoms with E-state index >= 15 is 0 Å². The van der Waals surface area contributed by atoms with Crippen LogP contribution >= 0.6 is 0 Å². The van der Waals surface area contributed by atoms with E-state index in [-0.39, 0.29) is 6.04 Å². The number of nitrogen functional groups attached to an aromatic ring is 1. The Kier molecular flexibility index (Phi) is 11.0. The van der Waals surface area contributed by atoms with Crippen molar-refractivity contribution in [3.63, 3.8) is 0 Å². The number of hydrogen-bond donors (Lipinski definition) is 2. The lowest BCUT2D eigenvalue weighted by molar-refractivity contribution is 0.250. The second-order valence-electron chi connectivity index (χ2n) is 8.37. The van der Waals surface area contributed by atoms with Gasteiger partial charge >= 0.3 is 0 Å². The second-order valence-corrected chi connectivity index (χ2v) is 10.3. The van der Waals surface area contributed by atoms with Gasteiger partial charge in [-0.25, -0.2) is 8.42 Å². The van der Waals surface area contributed by atoms with Gasteiger partial charge in [-0.2, -0.15) is 4.31 Å². The van der Waals surface area contributed by atoms with E-state index in [0.717, 1.165) is 19.4 Å². The van der Waals surface area contributed by atoms with E-state index in [0.29, 0.717) is 23.7 Å². The van der Waals surface area contributed by atoms with Crippen LogP contribution < -0.4 is 11.1 Å². The molecule has 29 heavy (non-hydrogen) atoms. The van der Waals surface area contributed by atoms with E-state index in [4.69, 9.17) is 5.73 Å². The largest absolute Gasteiger partial charge is 0.399 e. The molecule has 0 spiro atoms. The number of piperazine rings is 1. The predicted molar refractivity (Wildman–Crippen MR) is 122 cm³/mol. The van der Waals surface area contributed by atoms with E-state index in [2.05, 4.69) is 12.2 Å². The summed E-state index contributed by atoms with van der Waals surface area (Å²) in [5.74, 6) is 0. The molecule has 5 nitrogen and oxygen atoms in total. The molecular formula is C23H41N3O2S. The molecule has 1 aliphatic heterocycles. The van der Waals surface area contributed by atoms with Gasteiger partial charge in [-0.1, -0.05) is 77.6 Å². The molecule has 1 fully saturated rings. The van der Waals surface area contributed by atoms with Gasteiger partial charge in [0, 0.05) is 31.4 Å². The summed E-state index contributed by atoms with van der Waals surface area (Å²) in [5, 5.41) is 3.36. The first-order valence-electron chi connectivity index (χ1n) is 11.6. The molecule has 1 atom stereocenters. The van der Waals surface area contributed by atoms with E-state index < -0.39 is 10.0 Å². The van der Waals surface area contributed by atoms with Crippen LogP contribution in [-0.2, 0) is 10.0 Å². The van der Waals surface area contributed by atoms with Crippen molar-refractivity contribution in [3.8, 4) is 0 Å². The standard InChI is InChI=1S/C23H41N3O2S/c1-2-3-4-5-6-7-8-9-10-11-12-13-22-20-25-18-19-26(22)29(27,28)23-16-14-21(24)15-17-23/h14-17,22,25H,2-13,18-20,24H2,1H3. The van der Waals surface area contributed by atoms with Crippen molar-refractivity contribution in [2.75, 3.05) is 25.4 Å². The van der Waals surface area contributed by atoms with Crippen LogP contribution in [0, 0.1) is 0 Å². The zero-order chi connectivity index (χ0) is 21.0. The van der Waals surface area contributed by atoms with Crippen molar-refractivity contribution in [3.05, 3.63) is 24.3 Å². The normalized spacial score (nSPS) is 18.2. The Morgan fingerprint density at radius 3 is 2.07 bits per heavy atom. The minimum absolute atomic E-state index is 0.0462. The molecule has 1 aromatic rings. The summed E-state index contributed by atoms with van der Waals surface area (Å²) in [4.78, 5) is 0.345. The first-order valence-corrected chi connectivity index (χ1v) is 13.1. The van der Waals surface area contributed by atoms with Gasteiger partial charge < -0.3 is 11.1 Å². The molecule has 0 bridgehead atoms. The van der Waals surface area contributed by atoms with E-state index in [1.165, 1.54) is 64.2 Å². The minimum Gasteiger partial charge on any atom is -0.399 e. The quantitative estimate of drug-likeness (QED) is 0.328. The lowest BCUT2D eigenvalue weighted by atomic mass is 10.0. The molecule has 0 aromatic heterocycles. The van der Waals surface area contributed by atoms with E-state index in [9.17, 15) is 8.42 Å². The Labute approximate surface area is 178 Å². The molecule has 1 aromatic carbocycles. The fourth-order valence-corrected chi connectivity index (χ4v) is 5.78. The lowest BCUT2D eigenvalue weighted by Gasteiger charge is -2.35. The molecular weight excluding hydrogens is 382 g/mol. The summed E-state index contributed by atoms with van der Waals surface area (Å²) in [5.41, 5.74) is 6.29. The molecule has 1 heterocycles. The zero-order valence-electron chi connectivity index (χ0n) is 18.2. The van der Waals surface area contributed by atoms with Crippen molar-refractivity contribution >= 4 is 15.7 Å². The SMILES string of the molecule is CCCCCCCCCCCCCC1CNCCN1S(=O)(=O)c1ccc(N)cc1. The maximum Gasteiger partial charge on any atom is 0.243 e. The summed E-state index contributed by atoms with van der Waals surface area (Å²) in [6.07, 6.45) is 15.4. The molecule has 3 N–H and O–H groups in total. The van der Waals surface area contributed by atoms with Gasteiger partial charge in [0.15, 0.2) is 0 Å². The monoisotopic (exact) mass is 423 g/mol. The summed E-state index contributed by atoms with van der Waals surface area (Å²) in [6, 6.07) is 6.60. The molecule has 1 saturated heterocycles. The van der Waals surface area contributed by atoms with Gasteiger partial charge in [-0.3, -0.25) is 0 Å². The number of hydrogen-bond acceptors (Lipinski definition) is 4. The van der Waals surface area contributed by atoms with Gasteiger partial charge in [0.2, 0.25) is 10.0 Å². The average molecular weight is 424 g/mol. The maximum absolute atomic E-state index is 13.1. The van der Waals surface area contributed by atoms with Crippen LogP contribution in [0.3, 0.4) is 0 Å². The number of nitrogens with two attached hydrogens (primary N) is 1. The number of nitrogens with zero attached hydrogens (tertiary/aromatic N) is 1. The first-order chi connectivity index (χ1) is 14.1. The highest BCUT2D eigenvalue weighted by atomic mass is 32.2. The number of sulfonamides is 1. The predicted octanol–water partition coefficient (Wildman–Crippen LogP) is 4.93. The Morgan fingerprint density at radius 2 is 1.48 bits per heavy atom. The van der Waals surface area contributed by atoms with Gasteiger partial charge in [0.05, 0.1) is 4.90 Å². The van der Waals surface area contributed by atoms with Crippen molar-refractivity contribution in [1.82, 2.24) is 9.62 Å². The highest BCUT2D eigenvalue weighted by molar-refractivity contribution is 7.89. The van der Waals surface area contributed by atoms with Crippen LogP contribution in [0.15, 0.2) is 29.2 Å². The van der Waals surface area contributed by atoms with Gasteiger partial charge in [0.1, 0.15) is 0 Å². The minimum atomic E-state index is -3.45. The average Bonchev–Trinajstić information content (AvgIpc) is 2.72. The Hall–Kier alpha value is -1.11. The van der Waals surface area contributed by atoms with Gasteiger partial charge in [-0.05, 0) is 30.7 Å². The Balaban J connectivity index is 1.69. The van der Waals surface area contributed by atoms with Crippen LogP contribution in [0.2, 0.25) is 0 Å². The highest BCUT2D eigenvalue weighted by Gasteiger charge is 2.32. The topological polar surface area (TPSA) is 75.4 Å². The van der Waals surface area contributed by atoms with Gasteiger partial charge in [-0.15, -0.1) is 0 Å². The molecule has 6 heteroatoms. The highest BCUT2D eigenvalue weighted by Crippen LogP contribution is 2.23. The third-order valence-corrected chi connectivity index (χ3v) is 7.89. The Morgan fingerprint density at radius 1 is 0.931 bits per heavy atom. The Bertz CT molecular complexity index is 661. The molecule has 1 unspecified atom stereocenters. The fraction of sp³-hybridized carbons (Fsp3) is 0.739. The zero-order valence-corrected chi connectivity index (χ0v) is 19.1. The number of unbranched alkanes of at least 4 members (excludes halogenated alkanes) is 10. The molecule has 1 aliphatic rings. The first kappa shape index (κ1) is 24.2.